The number of halogens is 1. The second-order valence-corrected chi connectivity index (χ2v) is 7.32. The first kappa shape index (κ1) is 18.0. The van der Waals surface area contributed by atoms with Crippen LogP contribution in [0, 0.1) is 17.7 Å². The Morgan fingerprint density at radius 2 is 2.15 bits per heavy atom. The summed E-state index contributed by atoms with van der Waals surface area (Å²) in [5, 5.41) is 11.2. The van der Waals surface area contributed by atoms with Crippen LogP contribution >= 0.6 is 0 Å². The number of hydrogen-bond donors (Lipinski definition) is 2. The molecule has 2 N–H and O–H groups in total. The predicted molar refractivity (Wildman–Crippen MR) is 95.5 cm³/mol. The fraction of sp³-hybridized carbons (Fsp3) is 0.556. The summed E-state index contributed by atoms with van der Waals surface area (Å²) < 4.78 is 14.6. The molecule has 2 saturated heterocycles. The number of likely N-dealkylation sites (tertiary alicyclic amines) is 1. The first-order chi connectivity index (χ1) is 13.2. The van der Waals surface area contributed by atoms with Gasteiger partial charge >= 0.3 is 0 Å². The Labute approximate surface area is 157 Å². The maximum absolute atomic E-state index is 13.1. The summed E-state index contributed by atoms with van der Waals surface area (Å²) in [6.45, 7) is 2.13. The molecule has 2 aliphatic heterocycles. The van der Waals surface area contributed by atoms with Gasteiger partial charge in [0.05, 0.1) is 5.92 Å². The summed E-state index contributed by atoms with van der Waals surface area (Å²) in [5.74, 6) is 0.175. The molecule has 3 heterocycles. The molecule has 1 amide bonds. The van der Waals surface area contributed by atoms with Crippen LogP contribution < -0.4 is 10.9 Å². The lowest BCUT2D eigenvalue weighted by atomic mass is 9.90. The van der Waals surface area contributed by atoms with E-state index in [9.17, 15) is 9.18 Å². The molecule has 3 atom stereocenters. The van der Waals surface area contributed by atoms with Crippen LogP contribution in [0.2, 0.25) is 0 Å². The number of nitrogens with one attached hydrogen (secondary N) is 2. The van der Waals surface area contributed by atoms with Crippen molar-refractivity contribution in [2.75, 3.05) is 19.6 Å². The molecule has 0 spiro atoms. The van der Waals surface area contributed by atoms with Gasteiger partial charge in [0.2, 0.25) is 5.91 Å². The number of benzene rings is 1. The highest BCUT2D eigenvalue weighted by atomic mass is 19.1. The molecular weight excluding hydrogens is 349 g/mol. The Kier molecular flexibility index (Phi) is 5.40. The Balaban J connectivity index is 1.34. The number of carbonyl (C=O) groups excluding carboxylic acids is 1. The highest BCUT2D eigenvalue weighted by Gasteiger charge is 2.38. The van der Waals surface area contributed by atoms with Gasteiger partial charge in [0, 0.05) is 19.6 Å². The molecular formula is C18H24FN7O. The maximum Gasteiger partial charge on any atom is 0.230 e. The van der Waals surface area contributed by atoms with E-state index in [1.165, 1.54) is 18.5 Å². The zero-order chi connectivity index (χ0) is 18.6. The molecule has 3 unspecified atom stereocenters. The first-order valence-corrected chi connectivity index (χ1v) is 9.45. The molecule has 27 heavy (non-hydrogen) atoms. The van der Waals surface area contributed by atoms with E-state index in [4.69, 9.17) is 0 Å². The summed E-state index contributed by atoms with van der Waals surface area (Å²) in [4.78, 5) is 15.1. The number of tetrazole rings is 1. The third-order valence-corrected chi connectivity index (χ3v) is 5.51. The number of nitrogens with zero attached hydrogens (tertiary/aromatic N) is 5. The molecule has 0 aliphatic carbocycles. The predicted octanol–water partition coefficient (Wildman–Crippen LogP) is 0.906. The van der Waals surface area contributed by atoms with Crippen LogP contribution in [0.25, 0.3) is 0 Å². The summed E-state index contributed by atoms with van der Waals surface area (Å²) in [6.07, 6.45) is 5.31. The molecule has 4 rings (SSSR count). The van der Waals surface area contributed by atoms with Gasteiger partial charge in [0.15, 0.2) is 0 Å². The average molecular weight is 373 g/mol. The molecule has 8 nitrogen and oxygen atoms in total. The van der Waals surface area contributed by atoms with Crippen molar-refractivity contribution >= 4 is 5.91 Å². The molecule has 2 aliphatic rings. The Hall–Kier alpha value is -2.39. The highest BCUT2D eigenvalue weighted by molar-refractivity contribution is 5.80. The van der Waals surface area contributed by atoms with Crippen LogP contribution in [0.3, 0.4) is 0 Å². The van der Waals surface area contributed by atoms with Crippen molar-refractivity contribution in [3.63, 3.8) is 0 Å². The largest absolute Gasteiger partial charge is 0.342 e. The molecule has 2 aromatic rings. The third kappa shape index (κ3) is 4.14. The Morgan fingerprint density at radius 3 is 2.93 bits per heavy atom. The third-order valence-electron chi connectivity index (χ3n) is 5.51. The zero-order valence-corrected chi connectivity index (χ0v) is 15.1. The van der Waals surface area contributed by atoms with Crippen molar-refractivity contribution < 1.29 is 9.18 Å². The lowest BCUT2D eigenvalue weighted by Gasteiger charge is -2.35. The average Bonchev–Trinajstić information content (AvgIpc) is 3.38. The van der Waals surface area contributed by atoms with E-state index in [0.29, 0.717) is 12.5 Å². The molecule has 9 heteroatoms. The number of aromatic nitrogens is 4. The normalized spacial score (nSPS) is 25.7. The van der Waals surface area contributed by atoms with Crippen LogP contribution in [-0.2, 0) is 11.2 Å². The molecule has 2 fully saturated rings. The fourth-order valence-electron chi connectivity index (χ4n) is 4.01. The summed E-state index contributed by atoms with van der Waals surface area (Å²) in [7, 11) is 0. The number of rotatable bonds is 5. The number of aryl methyl sites for hydroxylation is 1. The topological polar surface area (TPSA) is 88.0 Å². The second-order valence-electron chi connectivity index (χ2n) is 7.32. The minimum atomic E-state index is -0.271. The minimum Gasteiger partial charge on any atom is -0.342 e. The number of amides is 1. The van der Waals surface area contributed by atoms with Gasteiger partial charge in [-0.05, 0) is 59.7 Å². The van der Waals surface area contributed by atoms with Gasteiger partial charge in [-0.2, -0.15) is 0 Å². The van der Waals surface area contributed by atoms with Crippen LogP contribution in [0.1, 0.15) is 31.0 Å². The monoisotopic (exact) mass is 373 g/mol. The Bertz CT molecular complexity index is 752. The summed E-state index contributed by atoms with van der Waals surface area (Å²) in [6, 6.07) is 6.69. The first-order valence-electron chi connectivity index (χ1n) is 9.45. The molecule has 0 bridgehead atoms. The molecule has 0 radical (unpaired) electrons. The number of hydrogen-bond acceptors (Lipinski definition) is 6. The fourth-order valence-corrected chi connectivity index (χ4v) is 4.01. The van der Waals surface area contributed by atoms with Gasteiger partial charge < -0.3 is 4.90 Å². The second kappa shape index (κ2) is 8.10. The van der Waals surface area contributed by atoms with E-state index in [2.05, 4.69) is 26.4 Å². The number of hydrazine groups is 1. The smallest absolute Gasteiger partial charge is 0.230 e. The Morgan fingerprint density at radius 1 is 1.30 bits per heavy atom. The van der Waals surface area contributed by atoms with E-state index in [1.807, 2.05) is 17.0 Å². The number of carbonyl (C=O) groups is 1. The molecule has 0 saturated carbocycles. The summed E-state index contributed by atoms with van der Waals surface area (Å²) in [5.41, 5.74) is 7.27. The van der Waals surface area contributed by atoms with Crippen LogP contribution in [-0.4, -0.2) is 50.6 Å². The van der Waals surface area contributed by atoms with Crippen LogP contribution in [0.15, 0.2) is 30.6 Å². The molecule has 1 aromatic carbocycles. The van der Waals surface area contributed by atoms with E-state index in [-0.39, 0.29) is 23.8 Å². The molecule has 1 aromatic heterocycles. The SMILES string of the molecule is O=C(C1CNNC1n1cnnn1)N1CCCC(CCc2ccc(F)cc2)C1. The van der Waals surface area contributed by atoms with Gasteiger partial charge in [-0.15, -0.1) is 5.10 Å². The van der Waals surface area contributed by atoms with Gasteiger partial charge in [-0.3, -0.25) is 10.2 Å². The van der Waals surface area contributed by atoms with Crippen molar-refractivity contribution in [1.82, 2.24) is 36.0 Å². The molecule has 144 valence electrons. The van der Waals surface area contributed by atoms with E-state index >= 15 is 0 Å². The lowest BCUT2D eigenvalue weighted by molar-refractivity contribution is -0.138. The van der Waals surface area contributed by atoms with Crippen molar-refractivity contribution in [3.05, 3.63) is 42.0 Å². The zero-order valence-electron chi connectivity index (χ0n) is 15.1. The van der Waals surface area contributed by atoms with E-state index in [1.54, 1.807) is 4.68 Å². The van der Waals surface area contributed by atoms with Crippen molar-refractivity contribution in [1.29, 1.82) is 0 Å². The van der Waals surface area contributed by atoms with Crippen LogP contribution in [0.4, 0.5) is 4.39 Å². The number of piperidine rings is 1. The van der Waals surface area contributed by atoms with Crippen molar-refractivity contribution in [3.8, 4) is 0 Å². The van der Waals surface area contributed by atoms with E-state index in [0.717, 1.165) is 44.3 Å². The summed E-state index contributed by atoms with van der Waals surface area (Å²) >= 11 is 0. The quantitative estimate of drug-likeness (QED) is 0.810. The lowest BCUT2D eigenvalue weighted by Crippen LogP contribution is -2.45. The van der Waals surface area contributed by atoms with Gasteiger partial charge in [0.1, 0.15) is 18.3 Å². The van der Waals surface area contributed by atoms with E-state index < -0.39 is 0 Å². The minimum absolute atomic E-state index is 0.138. The highest BCUT2D eigenvalue weighted by Crippen LogP contribution is 2.26. The van der Waals surface area contributed by atoms with Gasteiger partial charge in [0.25, 0.3) is 0 Å². The van der Waals surface area contributed by atoms with Crippen molar-refractivity contribution in [2.45, 2.75) is 31.8 Å². The maximum atomic E-state index is 13.1. The van der Waals surface area contributed by atoms with Gasteiger partial charge in [-0.25, -0.2) is 14.5 Å². The standard InChI is InChI=1S/C18H24FN7O/c19-15-7-5-13(6-8-15)3-4-14-2-1-9-25(11-14)18(27)16-10-20-22-17(16)26-12-21-23-24-26/h5-8,12,14,16-17,20,22H,1-4,9-11H2. The van der Waals surface area contributed by atoms with Gasteiger partial charge in [-0.1, -0.05) is 12.1 Å². The van der Waals surface area contributed by atoms with Crippen molar-refractivity contribution in [2.24, 2.45) is 11.8 Å². The van der Waals surface area contributed by atoms with Crippen LogP contribution in [0.5, 0.6) is 0 Å².